The van der Waals surface area contributed by atoms with Crippen LogP contribution in [0.2, 0.25) is 0 Å². The maximum Gasteiger partial charge on any atom is 0.154 e. The Balaban J connectivity index is 1.95. The summed E-state index contributed by atoms with van der Waals surface area (Å²) < 4.78 is 0. The largest absolute Gasteiger partial charge is 0.384 e. The highest BCUT2D eigenvalue weighted by molar-refractivity contribution is 5.86. The fourth-order valence-electron chi connectivity index (χ4n) is 2.23. The Kier molecular flexibility index (Phi) is 4.09. The van der Waals surface area contributed by atoms with Crippen LogP contribution < -0.4 is 11.1 Å². The molecule has 4 heteroatoms. The van der Waals surface area contributed by atoms with Gasteiger partial charge < -0.3 is 11.1 Å². The maximum atomic E-state index is 12.1. The van der Waals surface area contributed by atoms with E-state index in [2.05, 4.69) is 10.3 Å². The number of nitrogen functional groups attached to an aromatic ring is 1. The molecule has 0 saturated carbocycles. The molecule has 2 heterocycles. The number of hydrogen-bond donors (Lipinski definition) is 2. The monoisotopic (exact) mass is 233 g/mol. The van der Waals surface area contributed by atoms with E-state index in [0.29, 0.717) is 12.2 Å². The number of carbonyl (C=O) groups excluding carboxylic acids is 1. The highest BCUT2D eigenvalue weighted by Crippen LogP contribution is 2.12. The number of carbonyl (C=O) groups is 1. The van der Waals surface area contributed by atoms with Gasteiger partial charge >= 0.3 is 0 Å². The quantitative estimate of drug-likeness (QED) is 0.826. The lowest BCUT2D eigenvalue weighted by Gasteiger charge is -2.14. The minimum Gasteiger partial charge on any atom is -0.384 e. The molecule has 0 aliphatic carbocycles. The molecule has 1 aliphatic heterocycles. The second-order valence-electron chi connectivity index (χ2n) is 4.59. The molecule has 0 spiro atoms. The SMILES string of the molecule is Nc1cc(CC(=O)C2CCCCCN2)ccn1. The van der Waals surface area contributed by atoms with Crippen molar-refractivity contribution in [1.29, 1.82) is 0 Å². The second-order valence-corrected chi connectivity index (χ2v) is 4.59. The molecule has 17 heavy (non-hydrogen) atoms. The molecule has 1 saturated heterocycles. The molecule has 0 aromatic carbocycles. The number of pyridine rings is 1. The Morgan fingerprint density at radius 2 is 2.35 bits per heavy atom. The van der Waals surface area contributed by atoms with Crippen molar-refractivity contribution in [2.45, 2.75) is 38.1 Å². The van der Waals surface area contributed by atoms with Gasteiger partial charge in [-0.3, -0.25) is 4.79 Å². The van der Waals surface area contributed by atoms with Gasteiger partial charge in [0.25, 0.3) is 0 Å². The number of aromatic nitrogens is 1. The van der Waals surface area contributed by atoms with E-state index in [1.165, 1.54) is 12.8 Å². The Labute approximate surface area is 102 Å². The number of nitrogens with one attached hydrogen (secondary N) is 1. The topological polar surface area (TPSA) is 68.0 Å². The van der Waals surface area contributed by atoms with Gasteiger partial charge in [0.1, 0.15) is 5.82 Å². The van der Waals surface area contributed by atoms with Gasteiger partial charge in [-0.25, -0.2) is 4.98 Å². The lowest BCUT2D eigenvalue weighted by atomic mass is 10.0. The maximum absolute atomic E-state index is 12.1. The van der Waals surface area contributed by atoms with Gasteiger partial charge in [-0.05, 0) is 37.1 Å². The molecule has 3 N–H and O–H groups in total. The molecule has 2 rings (SSSR count). The lowest BCUT2D eigenvalue weighted by molar-refractivity contribution is -0.120. The predicted molar refractivity (Wildman–Crippen MR) is 67.6 cm³/mol. The number of ketones is 1. The number of anilines is 1. The molecule has 0 amide bonds. The van der Waals surface area contributed by atoms with Crippen LogP contribution in [0.1, 0.15) is 31.2 Å². The summed E-state index contributed by atoms with van der Waals surface area (Å²) >= 11 is 0. The Hall–Kier alpha value is -1.42. The number of nitrogens with two attached hydrogens (primary N) is 1. The van der Waals surface area contributed by atoms with E-state index in [9.17, 15) is 4.79 Å². The van der Waals surface area contributed by atoms with Crippen molar-refractivity contribution in [3.63, 3.8) is 0 Å². The van der Waals surface area contributed by atoms with Crippen LogP contribution >= 0.6 is 0 Å². The minimum atomic E-state index is 0.0203. The van der Waals surface area contributed by atoms with Crippen LogP contribution in [-0.2, 0) is 11.2 Å². The molecular weight excluding hydrogens is 214 g/mol. The van der Waals surface area contributed by atoms with Crippen LogP contribution in [0, 0.1) is 0 Å². The summed E-state index contributed by atoms with van der Waals surface area (Å²) in [6, 6.07) is 3.64. The van der Waals surface area contributed by atoms with E-state index in [4.69, 9.17) is 5.73 Å². The standard InChI is InChI=1S/C13H19N3O/c14-13-9-10(5-7-16-13)8-12(17)11-4-2-1-3-6-15-11/h5,7,9,11,15H,1-4,6,8H2,(H2,14,16). The van der Waals surface area contributed by atoms with E-state index in [1.807, 2.05) is 6.07 Å². The fourth-order valence-corrected chi connectivity index (χ4v) is 2.23. The first kappa shape index (κ1) is 12.0. The first-order valence-corrected chi connectivity index (χ1v) is 6.22. The Bertz CT molecular complexity index is 384. The summed E-state index contributed by atoms with van der Waals surface area (Å²) in [5.41, 5.74) is 6.55. The second kappa shape index (κ2) is 5.77. The highest BCUT2D eigenvalue weighted by atomic mass is 16.1. The van der Waals surface area contributed by atoms with E-state index in [0.717, 1.165) is 24.9 Å². The van der Waals surface area contributed by atoms with Crippen molar-refractivity contribution < 1.29 is 4.79 Å². The van der Waals surface area contributed by atoms with Gasteiger partial charge in [0.05, 0.1) is 6.04 Å². The average molecular weight is 233 g/mol. The summed E-state index contributed by atoms with van der Waals surface area (Å²) in [6.45, 7) is 0.953. The molecular formula is C13H19N3O. The van der Waals surface area contributed by atoms with Crippen molar-refractivity contribution >= 4 is 11.6 Å². The molecule has 1 unspecified atom stereocenters. The van der Waals surface area contributed by atoms with Crippen molar-refractivity contribution in [2.75, 3.05) is 12.3 Å². The first-order valence-electron chi connectivity index (χ1n) is 6.22. The fraction of sp³-hybridized carbons (Fsp3) is 0.538. The summed E-state index contributed by atoms with van der Waals surface area (Å²) in [5.74, 6) is 0.738. The van der Waals surface area contributed by atoms with Gasteiger partial charge in [0.2, 0.25) is 0 Å². The number of hydrogen-bond acceptors (Lipinski definition) is 4. The first-order chi connectivity index (χ1) is 8.25. The van der Waals surface area contributed by atoms with Crippen molar-refractivity contribution in [1.82, 2.24) is 10.3 Å². The predicted octanol–water partition coefficient (Wildman–Crippen LogP) is 1.31. The number of nitrogens with zero attached hydrogens (tertiary/aromatic N) is 1. The van der Waals surface area contributed by atoms with Gasteiger partial charge in [0, 0.05) is 12.6 Å². The van der Waals surface area contributed by atoms with Crippen molar-refractivity contribution in [3.05, 3.63) is 23.9 Å². The number of Topliss-reactive ketones (excluding diaryl/α,β-unsaturated/α-hetero) is 1. The van der Waals surface area contributed by atoms with Crippen molar-refractivity contribution in [2.24, 2.45) is 0 Å². The molecule has 1 atom stereocenters. The van der Waals surface area contributed by atoms with Gasteiger partial charge in [0.15, 0.2) is 5.78 Å². The zero-order valence-corrected chi connectivity index (χ0v) is 9.98. The summed E-state index contributed by atoms with van der Waals surface area (Å²) in [4.78, 5) is 16.0. The smallest absolute Gasteiger partial charge is 0.154 e. The van der Waals surface area contributed by atoms with Gasteiger partial charge in [-0.1, -0.05) is 12.8 Å². The molecule has 1 aromatic rings. The van der Waals surface area contributed by atoms with Crippen molar-refractivity contribution in [3.8, 4) is 0 Å². The van der Waals surface area contributed by atoms with E-state index >= 15 is 0 Å². The highest BCUT2D eigenvalue weighted by Gasteiger charge is 2.19. The van der Waals surface area contributed by atoms with Crippen LogP contribution in [0.25, 0.3) is 0 Å². The van der Waals surface area contributed by atoms with E-state index in [1.54, 1.807) is 12.3 Å². The summed E-state index contributed by atoms with van der Waals surface area (Å²) in [7, 11) is 0. The van der Waals surface area contributed by atoms with Gasteiger partial charge in [-0.2, -0.15) is 0 Å². The van der Waals surface area contributed by atoms with Crippen LogP contribution in [0.4, 0.5) is 5.82 Å². The Morgan fingerprint density at radius 3 is 3.18 bits per heavy atom. The summed E-state index contributed by atoms with van der Waals surface area (Å²) in [5, 5.41) is 3.32. The Morgan fingerprint density at radius 1 is 1.47 bits per heavy atom. The third-order valence-electron chi connectivity index (χ3n) is 3.17. The van der Waals surface area contributed by atoms with Gasteiger partial charge in [-0.15, -0.1) is 0 Å². The lowest BCUT2D eigenvalue weighted by Crippen LogP contribution is -2.36. The third kappa shape index (κ3) is 3.53. The van der Waals surface area contributed by atoms with Crippen LogP contribution in [-0.4, -0.2) is 23.4 Å². The normalized spacial score (nSPS) is 20.8. The molecule has 1 aromatic heterocycles. The van der Waals surface area contributed by atoms with E-state index in [-0.39, 0.29) is 11.8 Å². The van der Waals surface area contributed by atoms with Crippen LogP contribution in [0.5, 0.6) is 0 Å². The average Bonchev–Trinajstić information content (AvgIpc) is 2.57. The zero-order chi connectivity index (χ0) is 12.1. The molecule has 92 valence electrons. The molecule has 4 nitrogen and oxygen atoms in total. The molecule has 1 aliphatic rings. The van der Waals surface area contributed by atoms with E-state index < -0.39 is 0 Å². The van der Waals surface area contributed by atoms with Crippen LogP contribution in [0.15, 0.2) is 18.3 Å². The van der Waals surface area contributed by atoms with Crippen LogP contribution in [0.3, 0.4) is 0 Å². The molecule has 1 fully saturated rings. The third-order valence-corrected chi connectivity index (χ3v) is 3.17. The number of rotatable bonds is 3. The molecule has 0 radical (unpaired) electrons. The molecule has 0 bridgehead atoms. The zero-order valence-electron chi connectivity index (χ0n) is 9.98. The summed E-state index contributed by atoms with van der Waals surface area (Å²) in [6.07, 6.45) is 6.59. The minimum absolute atomic E-state index is 0.0203.